The van der Waals surface area contributed by atoms with E-state index in [0.717, 1.165) is 17.1 Å². The van der Waals surface area contributed by atoms with E-state index < -0.39 is 0 Å². The molecule has 0 saturated heterocycles. The number of nitrogens with zero attached hydrogens (tertiary/aromatic N) is 1. The molecule has 252 valence electrons. The first-order valence-electron chi connectivity index (χ1n) is 18.4. The monoisotopic (exact) mass is 695 g/mol. The molecule has 0 radical (unpaired) electrons. The van der Waals surface area contributed by atoms with Crippen LogP contribution < -0.4 is 4.90 Å². The van der Waals surface area contributed by atoms with Crippen LogP contribution in [-0.4, -0.2) is 0 Å². The number of anilines is 3. The van der Waals surface area contributed by atoms with Gasteiger partial charge in [0.15, 0.2) is 0 Å². The highest BCUT2D eigenvalue weighted by Gasteiger charge is 2.36. The van der Waals surface area contributed by atoms with Crippen molar-refractivity contribution in [1.29, 1.82) is 0 Å². The maximum Gasteiger partial charge on any atom is 0.0546 e. The molecule has 8 aromatic carbocycles. The summed E-state index contributed by atoms with van der Waals surface area (Å²) in [6.45, 7) is 4.73. The lowest BCUT2D eigenvalue weighted by Crippen LogP contribution is -2.17. The van der Waals surface area contributed by atoms with Crippen LogP contribution in [0.4, 0.5) is 17.1 Å². The normalized spacial score (nSPS) is 12.9. The number of thiophene rings is 1. The van der Waals surface area contributed by atoms with E-state index in [1.165, 1.54) is 75.8 Å². The summed E-state index contributed by atoms with van der Waals surface area (Å²) in [6, 6.07) is 69.1. The van der Waals surface area contributed by atoms with E-state index in [9.17, 15) is 0 Å². The number of hydrogen-bond donors (Lipinski definition) is 0. The zero-order valence-corrected chi connectivity index (χ0v) is 30.6. The van der Waals surface area contributed by atoms with Crippen LogP contribution in [0.1, 0.15) is 25.0 Å². The van der Waals surface area contributed by atoms with Crippen LogP contribution in [0.3, 0.4) is 0 Å². The molecule has 1 heterocycles. The minimum Gasteiger partial charge on any atom is -0.310 e. The van der Waals surface area contributed by atoms with E-state index in [2.05, 4.69) is 207 Å². The fraction of sp³-hybridized carbons (Fsp3) is 0.0588. The fourth-order valence-electron chi connectivity index (χ4n) is 8.60. The van der Waals surface area contributed by atoms with Crippen LogP contribution in [0.5, 0.6) is 0 Å². The Bertz CT molecular complexity index is 2810. The van der Waals surface area contributed by atoms with Crippen molar-refractivity contribution >= 4 is 48.6 Å². The molecule has 0 amide bonds. The topological polar surface area (TPSA) is 3.24 Å². The lowest BCUT2D eigenvalue weighted by atomic mass is 9.82. The summed E-state index contributed by atoms with van der Waals surface area (Å²) in [6.07, 6.45) is 0. The number of fused-ring (bicyclic) bond motifs is 6. The predicted octanol–water partition coefficient (Wildman–Crippen LogP) is 14.8. The summed E-state index contributed by atoms with van der Waals surface area (Å²) in [5, 5.41) is 2.60. The van der Waals surface area contributed by atoms with Crippen molar-refractivity contribution in [3.8, 4) is 44.5 Å². The van der Waals surface area contributed by atoms with Gasteiger partial charge in [-0.05, 0) is 80.9 Å². The second kappa shape index (κ2) is 12.5. The molecule has 9 aromatic rings. The van der Waals surface area contributed by atoms with Gasteiger partial charge in [0.25, 0.3) is 0 Å². The first kappa shape index (κ1) is 31.5. The fourth-order valence-corrected chi connectivity index (χ4v) is 9.82. The maximum absolute atomic E-state index is 2.48. The van der Waals surface area contributed by atoms with E-state index in [1.54, 1.807) is 0 Å². The maximum atomic E-state index is 2.48. The number of hydrogen-bond acceptors (Lipinski definition) is 2. The highest BCUT2D eigenvalue weighted by atomic mass is 32.1. The second-order valence-corrected chi connectivity index (χ2v) is 15.5. The highest BCUT2D eigenvalue weighted by molar-refractivity contribution is 7.26. The Kier molecular flexibility index (Phi) is 7.42. The van der Waals surface area contributed by atoms with Crippen molar-refractivity contribution in [2.24, 2.45) is 0 Å². The molecular formula is C51H37NS. The van der Waals surface area contributed by atoms with Crippen molar-refractivity contribution in [3.05, 3.63) is 199 Å². The van der Waals surface area contributed by atoms with Gasteiger partial charge in [0.05, 0.1) is 5.69 Å². The first-order chi connectivity index (χ1) is 26.1. The SMILES string of the molecule is CC1(C)c2ccccc2-c2ccc(N(c3ccccc3)c3cccc(-c4ccccc4-c4ccccc4)c3-c3cccc4c3sc3ccccc34)cc21. The van der Waals surface area contributed by atoms with Gasteiger partial charge >= 0.3 is 0 Å². The zero-order valence-electron chi connectivity index (χ0n) is 29.8. The summed E-state index contributed by atoms with van der Waals surface area (Å²) in [4.78, 5) is 2.48. The number of benzene rings is 8. The quantitative estimate of drug-likeness (QED) is 0.167. The van der Waals surface area contributed by atoms with Crippen LogP contribution in [0, 0.1) is 0 Å². The van der Waals surface area contributed by atoms with Gasteiger partial charge in [-0.15, -0.1) is 11.3 Å². The molecule has 1 aliphatic rings. The molecule has 53 heavy (non-hydrogen) atoms. The van der Waals surface area contributed by atoms with Crippen molar-refractivity contribution in [3.63, 3.8) is 0 Å². The van der Waals surface area contributed by atoms with Gasteiger partial charge in [0.2, 0.25) is 0 Å². The van der Waals surface area contributed by atoms with Gasteiger partial charge < -0.3 is 4.90 Å². The Labute approximate surface area is 315 Å². The molecular weight excluding hydrogens is 659 g/mol. The molecule has 0 unspecified atom stereocenters. The van der Waals surface area contributed by atoms with Gasteiger partial charge in [-0.1, -0.05) is 166 Å². The summed E-state index contributed by atoms with van der Waals surface area (Å²) < 4.78 is 2.61. The third-order valence-electron chi connectivity index (χ3n) is 11.1. The van der Waals surface area contributed by atoms with Gasteiger partial charge in [0, 0.05) is 48.1 Å². The van der Waals surface area contributed by atoms with Crippen LogP contribution in [-0.2, 0) is 5.41 Å². The molecule has 1 aromatic heterocycles. The van der Waals surface area contributed by atoms with Crippen molar-refractivity contribution in [2.75, 3.05) is 4.90 Å². The highest BCUT2D eigenvalue weighted by Crippen LogP contribution is 2.53. The van der Waals surface area contributed by atoms with Crippen LogP contribution in [0.15, 0.2) is 188 Å². The molecule has 0 saturated carbocycles. The largest absolute Gasteiger partial charge is 0.310 e. The average molecular weight is 696 g/mol. The number of para-hydroxylation sites is 1. The zero-order chi connectivity index (χ0) is 35.5. The molecule has 10 rings (SSSR count). The molecule has 0 spiro atoms. The van der Waals surface area contributed by atoms with Gasteiger partial charge in [-0.3, -0.25) is 0 Å². The smallest absolute Gasteiger partial charge is 0.0546 e. The summed E-state index contributed by atoms with van der Waals surface area (Å²) in [7, 11) is 0. The Hall–Kier alpha value is -6.22. The summed E-state index contributed by atoms with van der Waals surface area (Å²) >= 11 is 1.89. The van der Waals surface area contributed by atoms with Gasteiger partial charge in [0.1, 0.15) is 0 Å². The Balaban J connectivity index is 1.29. The minimum absolute atomic E-state index is 0.119. The van der Waals surface area contributed by atoms with Crippen molar-refractivity contribution in [1.82, 2.24) is 0 Å². The predicted molar refractivity (Wildman–Crippen MR) is 228 cm³/mol. The lowest BCUT2D eigenvalue weighted by molar-refractivity contribution is 0.660. The molecule has 0 aliphatic heterocycles. The van der Waals surface area contributed by atoms with E-state index in [1.807, 2.05) is 11.3 Å². The van der Waals surface area contributed by atoms with Crippen molar-refractivity contribution in [2.45, 2.75) is 19.3 Å². The third kappa shape index (κ3) is 5.05. The molecule has 0 atom stereocenters. The van der Waals surface area contributed by atoms with Crippen LogP contribution in [0.25, 0.3) is 64.7 Å². The molecule has 0 bridgehead atoms. The molecule has 2 heteroatoms. The standard InChI is InChI=1S/C51H37NS/c1-51(2)45-28-13-11-23-39(45)40-32-31-36(33-46(40)51)52(35-19-7-4-8-20-35)47-29-16-25-42(38-22-10-9-21-37(38)34-17-5-3-6-18-34)49(47)44-27-15-26-43-41-24-12-14-30-48(41)53-50(43)44/h3-33H,1-2H3. The molecule has 0 fully saturated rings. The van der Waals surface area contributed by atoms with Crippen LogP contribution >= 0.6 is 11.3 Å². The van der Waals surface area contributed by atoms with E-state index >= 15 is 0 Å². The first-order valence-corrected chi connectivity index (χ1v) is 19.2. The summed E-state index contributed by atoms with van der Waals surface area (Å²) in [5.41, 5.74) is 16.0. The van der Waals surface area contributed by atoms with Crippen LogP contribution in [0.2, 0.25) is 0 Å². The minimum atomic E-state index is -0.119. The molecule has 1 aliphatic carbocycles. The Morgan fingerprint density at radius 2 is 1.02 bits per heavy atom. The molecule has 0 N–H and O–H groups in total. The Morgan fingerprint density at radius 1 is 0.415 bits per heavy atom. The van der Waals surface area contributed by atoms with E-state index in [-0.39, 0.29) is 5.41 Å². The van der Waals surface area contributed by atoms with E-state index in [0.29, 0.717) is 0 Å². The summed E-state index contributed by atoms with van der Waals surface area (Å²) in [5.74, 6) is 0. The number of rotatable bonds is 6. The van der Waals surface area contributed by atoms with Gasteiger partial charge in [-0.25, -0.2) is 0 Å². The third-order valence-corrected chi connectivity index (χ3v) is 12.3. The average Bonchev–Trinajstić information content (AvgIpc) is 3.71. The van der Waals surface area contributed by atoms with Gasteiger partial charge in [-0.2, -0.15) is 0 Å². The second-order valence-electron chi connectivity index (χ2n) is 14.5. The lowest BCUT2D eigenvalue weighted by Gasteiger charge is -2.31. The Morgan fingerprint density at radius 3 is 1.85 bits per heavy atom. The van der Waals surface area contributed by atoms with E-state index in [4.69, 9.17) is 0 Å². The molecule has 1 nitrogen and oxygen atoms in total. The van der Waals surface area contributed by atoms with Crippen molar-refractivity contribution < 1.29 is 0 Å².